The summed E-state index contributed by atoms with van der Waals surface area (Å²) < 4.78 is 14.4. The molecule has 0 fully saturated rings. The van der Waals surface area contributed by atoms with E-state index in [0.29, 0.717) is 6.54 Å². The summed E-state index contributed by atoms with van der Waals surface area (Å²) in [4.78, 5) is 5.09. The maximum absolute atomic E-state index is 13.5. The zero-order valence-electron chi connectivity index (χ0n) is 10.1. The van der Waals surface area contributed by atoms with Crippen LogP contribution in [0, 0.1) is 5.82 Å². The summed E-state index contributed by atoms with van der Waals surface area (Å²) in [6.07, 6.45) is 2.84. The Hall–Kier alpha value is -0.910. The molecule has 0 unspecified atom stereocenters. The van der Waals surface area contributed by atoms with E-state index < -0.39 is 0 Å². The normalized spacial score (nSPS) is 10.8. The fourth-order valence-corrected chi connectivity index (χ4v) is 3.26. The second-order valence-corrected chi connectivity index (χ2v) is 6.09. The van der Waals surface area contributed by atoms with Crippen LogP contribution in [0.5, 0.6) is 0 Å². The molecule has 1 heterocycles. The Morgan fingerprint density at radius 3 is 3.00 bits per heavy atom. The fraction of sp³-hybridized carbons (Fsp3) is 0.308. The van der Waals surface area contributed by atoms with Crippen molar-refractivity contribution in [3.8, 4) is 0 Å². The molecule has 96 valence electrons. The van der Waals surface area contributed by atoms with Crippen molar-refractivity contribution in [1.82, 2.24) is 10.3 Å². The van der Waals surface area contributed by atoms with Crippen molar-refractivity contribution in [1.29, 1.82) is 0 Å². The average Bonchev–Trinajstić information content (AvgIpc) is 2.81. The summed E-state index contributed by atoms with van der Waals surface area (Å²) in [6.45, 7) is 3.77. The Morgan fingerprint density at radius 2 is 2.28 bits per heavy atom. The number of hydrogen-bond donors (Lipinski definition) is 1. The molecule has 0 bridgehead atoms. The lowest BCUT2D eigenvalue weighted by atomic mass is 10.2. The van der Waals surface area contributed by atoms with Crippen molar-refractivity contribution in [2.75, 3.05) is 6.54 Å². The molecule has 0 aliphatic heterocycles. The third-order valence-electron chi connectivity index (χ3n) is 2.30. The molecule has 0 spiro atoms. The molecule has 2 rings (SSSR count). The van der Waals surface area contributed by atoms with Gasteiger partial charge in [-0.25, -0.2) is 9.37 Å². The molecule has 1 N–H and O–H groups in total. The number of nitrogens with one attached hydrogen (secondary N) is 1. The van der Waals surface area contributed by atoms with Crippen LogP contribution in [0.15, 0.2) is 39.0 Å². The number of rotatable bonds is 6. The molecule has 18 heavy (non-hydrogen) atoms. The highest BCUT2D eigenvalue weighted by molar-refractivity contribution is 8.01. The minimum absolute atomic E-state index is 0.190. The van der Waals surface area contributed by atoms with Gasteiger partial charge in [0, 0.05) is 23.0 Å². The Labute approximate surface area is 115 Å². The summed E-state index contributed by atoms with van der Waals surface area (Å²) in [7, 11) is 0. The van der Waals surface area contributed by atoms with E-state index in [2.05, 4.69) is 17.2 Å². The van der Waals surface area contributed by atoms with E-state index in [1.807, 2.05) is 11.4 Å². The summed E-state index contributed by atoms with van der Waals surface area (Å²) in [6, 6.07) is 5.14. The minimum atomic E-state index is -0.190. The molecule has 0 radical (unpaired) electrons. The van der Waals surface area contributed by atoms with Gasteiger partial charge in [-0.15, -0.1) is 11.3 Å². The van der Waals surface area contributed by atoms with Crippen LogP contribution < -0.4 is 5.32 Å². The quantitative estimate of drug-likeness (QED) is 0.813. The highest BCUT2D eigenvalue weighted by Gasteiger charge is 2.04. The molecule has 0 atom stereocenters. The summed E-state index contributed by atoms with van der Waals surface area (Å²) in [5.41, 5.74) is 0.975. The maximum Gasteiger partial charge on any atom is 0.154 e. The summed E-state index contributed by atoms with van der Waals surface area (Å²) >= 11 is 3.07. The van der Waals surface area contributed by atoms with Gasteiger partial charge in [-0.05, 0) is 36.7 Å². The van der Waals surface area contributed by atoms with Gasteiger partial charge in [0.1, 0.15) is 5.82 Å². The zero-order valence-corrected chi connectivity index (χ0v) is 11.8. The summed E-state index contributed by atoms with van der Waals surface area (Å²) in [5.74, 6) is -0.190. The second kappa shape index (κ2) is 6.87. The van der Waals surface area contributed by atoms with Gasteiger partial charge in [0.2, 0.25) is 0 Å². The van der Waals surface area contributed by atoms with E-state index in [1.54, 1.807) is 29.7 Å². The second-order valence-electron chi connectivity index (χ2n) is 3.87. The van der Waals surface area contributed by atoms with E-state index in [0.717, 1.165) is 27.8 Å². The Morgan fingerprint density at radius 1 is 1.39 bits per heavy atom. The molecule has 0 aliphatic rings. The van der Waals surface area contributed by atoms with E-state index in [1.165, 1.54) is 11.8 Å². The molecule has 0 saturated carbocycles. The first-order chi connectivity index (χ1) is 8.78. The Balaban J connectivity index is 2.06. The molecule has 0 saturated heterocycles. The monoisotopic (exact) mass is 282 g/mol. The van der Waals surface area contributed by atoms with Gasteiger partial charge in [0.25, 0.3) is 0 Å². The van der Waals surface area contributed by atoms with Crippen molar-refractivity contribution in [3.63, 3.8) is 0 Å². The SMILES string of the molecule is CCCNCc1cc(F)cc(Sc2nccs2)c1. The van der Waals surface area contributed by atoms with Crippen molar-refractivity contribution < 1.29 is 4.39 Å². The van der Waals surface area contributed by atoms with Crippen LogP contribution in [0.2, 0.25) is 0 Å². The zero-order chi connectivity index (χ0) is 12.8. The third kappa shape index (κ3) is 4.08. The smallest absolute Gasteiger partial charge is 0.154 e. The van der Waals surface area contributed by atoms with Crippen LogP contribution in [0.3, 0.4) is 0 Å². The molecule has 0 aliphatic carbocycles. The number of nitrogens with zero attached hydrogens (tertiary/aromatic N) is 1. The van der Waals surface area contributed by atoms with Gasteiger partial charge in [-0.1, -0.05) is 18.7 Å². The predicted octanol–water partition coefficient (Wildman–Crippen LogP) is 3.93. The summed E-state index contributed by atoms with van der Waals surface area (Å²) in [5, 5.41) is 5.20. The standard InChI is InChI=1S/C13H15FN2S2/c1-2-3-15-9-10-6-11(14)8-12(7-10)18-13-16-4-5-17-13/h4-8,15H,2-3,9H2,1H3. The average molecular weight is 282 g/mol. The number of benzene rings is 1. The van der Waals surface area contributed by atoms with E-state index in [4.69, 9.17) is 0 Å². The Bertz CT molecular complexity index is 486. The van der Waals surface area contributed by atoms with Gasteiger partial charge in [0.15, 0.2) is 4.34 Å². The van der Waals surface area contributed by atoms with E-state index >= 15 is 0 Å². The van der Waals surface area contributed by atoms with Crippen LogP contribution in [0.25, 0.3) is 0 Å². The number of thiazole rings is 1. The van der Waals surface area contributed by atoms with E-state index in [-0.39, 0.29) is 5.82 Å². The first kappa shape index (κ1) is 13.5. The maximum atomic E-state index is 13.5. The molecule has 5 heteroatoms. The predicted molar refractivity (Wildman–Crippen MR) is 74.6 cm³/mol. The topological polar surface area (TPSA) is 24.9 Å². The third-order valence-corrected chi connectivity index (χ3v) is 4.16. The molecule has 1 aromatic heterocycles. The van der Waals surface area contributed by atoms with Crippen LogP contribution in [-0.4, -0.2) is 11.5 Å². The number of hydrogen-bond acceptors (Lipinski definition) is 4. The van der Waals surface area contributed by atoms with Gasteiger partial charge in [-0.3, -0.25) is 0 Å². The molecule has 2 nitrogen and oxygen atoms in total. The number of halogens is 1. The lowest BCUT2D eigenvalue weighted by Gasteiger charge is -2.06. The first-order valence-corrected chi connectivity index (χ1v) is 7.55. The van der Waals surface area contributed by atoms with Gasteiger partial charge < -0.3 is 5.32 Å². The molecule has 0 amide bonds. The molecule has 2 aromatic rings. The Kier molecular flexibility index (Phi) is 5.16. The fourth-order valence-electron chi connectivity index (χ4n) is 1.55. The van der Waals surface area contributed by atoms with Crippen molar-refractivity contribution in [2.24, 2.45) is 0 Å². The largest absolute Gasteiger partial charge is 0.313 e. The lowest BCUT2D eigenvalue weighted by Crippen LogP contribution is -2.13. The first-order valence-electron chi connectivity index (χ1n) is 5.85. The molecule has 1 aromatic carbocycles. The molecular formula is C13H15FN2S2. The van der Waals surface area contributed by atoms with Crippen molar-refractivity contribution in [3.05, 3.63) is 41.2 Å². The van der Waals surface area contributed by atoms with Gasteiger partial charge >= 0.3 is 0 Å². The van der Waals surface area contributed by atoms with Gasteiger partial charge in [0.05, 0.1) is 0 Å². The van der Waals surface area contributed by atoms with Crippen molar-refractivity contribution >= 4 is 23.1 Å². The van der Waals surface area contributed by atoms with Gasteiger partial charge in [-0.2, -0.15) is 0 Å². The lowest BCUT2D eigenvalue weighted by molar-refractivity contribution is 0.615. The van der Waals surface area contributed by atoms with E-state index in [9.17, 15) is 4.39 Å². The highest BCUT2D eigenvalue weighted by atomic mass is 32.2. The molecular weight excluding hydrogens is 267 g/mol. The van der Waals surface area contributed by atoms with Crippen LogP contribution in [0.4, 0.5) is 4.39 Å². The van der Waals surface area contributed by atoms with Crippen LogP contribution in [0.1, 0.15) is 18.9 Å². The highest BCUT2D eigenvalue weighted by Crippen LogP contribution is 2.30. The van der Waals surface area contributed by atoms with Crippen LogP contribution >= 0.6 is 23.1 Å². The minimum Gasteiger partial charge on any atom is -0.313 e. The van der Waals surface area contributed by atoms with Crippen LogP contribution in [-0.2, 0) is 6.54 Å². The van der Waals surface area contributed by atoms with Crippen molar-refractivity contribution in [2.45, 2.75) is 29.1 Å². The number of aromatic nitrogens is 1.